The Labute approximate surface area is 113 Å². The molecule has 0 saturated carbocycles. The maximum Gasteiger partial charge on any atom is 0.223 e. The number of hydrogen-bond acceptors (Lipinski definition) is 4. The summed E-state index contributed by atoms with van der Waals surface area (Å²) >= 11 is 0. The molecule has 1 rings (SSSR count). The average Bonchev–Trinajstić information content (AvgIpc) is 2.45. The summed E-state index contributed by atoms with van der Waals surface area (Å²) in [7, 11) is 0. The van der Waals surface area contributed by atoms with Crippen molar-refractivity contribution in [3.8, 4) is 5.75 Å². The van der Waals surface area contributed by atoms with E-state index in [0.29, 0.717) is 37.4 Å². The lowest BCUT2D eigenvalue weighted by Crippen LogP contribution is -2.29. The minimum Gasteiger partial charge on any atom is -0.493 e. The van der Waals surface area contributed by atoms with Gasteiger partial charge in [0.15, 0.2) is 5.78 Å². The normalized spacial score (nSPS) is 10.0. The van der Waals surface area contributed by atoms with Crippen LogP contribution in [0.1, 0.15) is 30.1 Å². The van der Waals surface area contributed by atoms with Crippen LogP contribution in [0.25, 0.3) is 0 Å². The van der Waals surface area contributed by atoms with E-state index in [1.54, 1.807) is 24.3 Å². The van der Waals surface area contributed by atoms with Crippen molar-refractivity contribution < 1.29 is 14.3 Å². The monoisotopic (exact) mass is 264 g/mol. The second-order valence-electron chi connectivity index (χ2n) is 4.04. The van der Waals surface area contributed by atoms with Crippen LogP contribution in [0.2, 0.25) is 0 Å². The predicted molar refractivity (Wildman–Crippen MR) is 73.2 cm³/mol. The summed E-state index contributed by atoms with van der Waals surface area (Å²) in [5.74, 6) is 0.676. The molecule has 0 radical (unpaired) electrons. The Hall–Kier alpha value is -1.88. The highest BCUT2D eigenvalue weighted by Crippen LogP contribution is 2.13. The van der Waals surface area contributed by atoms with Crippen molar-refractivity contribution in [1.82, 2.24) is 5.32 Å². The number of rotatable bonds is 8. The van der Waals surface area contributed by atoms with Gasteiger partial charge in [-0.05, 0) is 24.3 Å². The van der Waals surface area contributed by atoms with Crippen LogP contribution in [0.15, 0.2) is 24.3 Å². The molecule has 0 aliphatic heterocycles. The first-order chi connectivity index (χ1) is 9.17. The van der Waals surface area contributed by atoms with E-state index >= 15 is 0 Å². The van der Waals surface area contributed by atoms with E-state index in [0.717, 1.165) is 0 Å². The maximum absolute atomic E-state index is 11.4. The Morgan fingerprint density at radius 1 is 1.26 bits per heavy atom. The third-order valence-electron chi connectivity index (χ3n) is 2.56. The van der Waals surface area contributed by atoms with Crippen molar-refractivity contribution in [2.24, 2.45) is 5.73 Å². The van der Waals surface area contributed by atoms with Gasteiger partial charge in [-0.2, -0.15) is 0 Å². The van der Waals surface area contributed by atoms with Crippen LogP contribution in [0.4, 0.5) is 0 Å². The smallest absolute Gasteiger partial charge is 0.223 e. The number of benzene rings is 1. The summed E-state index contributed by atoms with van der Waals surface area (Å²) in [6.45, 7) is 3.04. The number of carbonyl (C=O) groups excluding carboxylic acids is 2. The minimum absolute atomic E-state index is 0.0803. The van der Waals surface area contributed by atoms with E-state index in [1.807, 2.05) is 6.92 Å². The summed E-state index contributed by atoms with van der Waals surface area (Å²) in [6.07, 6.45) is 0.775. The van der Waals surface area contributed by atoms with Gasteiger partial charge in [0.1, 0.15) is 5.75 Å². The van der Waals surface area contributed by atoms with Gasteiger partial charge in [-0.25, -0.2) is 0 Å². The number of amides is 1. The molecular weight excluding hydrogens is 244 g/mol. The average molecular weight is 264 g/mol. The Balaban J connectivity index is 2.34. The molecule has 0 aliphatic rings. The zero-order chi connectivity index (χ0) is 14.1. The van der Waals surface area contributed by atoms with E-state index < -0.39 is 0 Å². The first-order valence-electron chi connectivity index (χ1n) is 6.40. The number of carbonyl (C=O) groups is 2. The molecule has 0 aromatic heterocycles. The Kier molecular flexibility index (Phi) is 6.60. The van der Waals surface area contributed by atoms with Gasteiger partial charge in [-0.3, -0.25) is 9.59 Å². The molecule has 0 atom stereocenters. The lowest BCUT2D eigenvalue weighted by atomic mass is 10.1. The molecule has 0 bridgehead atoms. The third-order valence-corrected chi connectivity index (χ3v) is 2.56. The van der Waals surface area contributed by atoms with Crippen LogP contribution < -0.4 is 15.8 Å². The molecule has 104 valence electrons. The highest BCUT2D eigenvalue weighted by Gasteiger charge is 2.04. The molecule has 5 heteroatoms. The standard InChI is InChI=1S/C14H20N2O3/c1-2-13(17)11-3-5-12(6-4-11)19-10-7-14(18)16-9-8-15/h3-6H,2,7-10,15H2,1H3,(H,16,18). The number of Topliss-reactive ketones (excluding diaryl/α,β-unsaturated/α-hetero) is 1. The van der Waals surface area contributed by atoms with Gasteiger partial charge in [0.05, 0.1) is 13.0 Å². The van der Waals surface area contributed by atoms with Crippen LogP contribution in [0.5, 0.6) is 5.75 Å². The fourth-order valence-electron chi connectivity index (χ4n) is 1.50. The van der Waals surface area contributed by atoms with Gasteiger partial charge in [-0.15, -0.1) is 0 Å². The van der Waals surface area contributed by atoms with E-state index in [-0.39, 0.29) is 18.1 Å². The van der Waals surface area contributed by atoms with Gasteiger partial charge < -0.3 is 15.8 Å². The second kappa shape index (κ2) is 8.26. The SMILES string of the molecule is CCC(=O)c1ccc(OCCC(=O)NCCN)cc1. The first kappa shape index (κ1) is 15.2. The molecule has 0 fully saturated rings. The quantitative estimate of drug-likeness (QED) is 0.689. The fourth-order valence-corrected chi connectivity index (χ4v) is 1.50. The lowest BCUT2D eigenvalue weighted by Gasteiger charge is -2.07. The van der Waals surface area contributed by atoms with Gasteiger partial charge in [0.25, 0.3) is 0 Å². The van der Waals surface area contributed by atoms with Crippen LogP contribution in [-0.2, 0) is 4.79 Å². The van der Waals surface area contributed by atoms with Crippen LogP contribution in [-0.4, -0.2) is 31.4 Å². The maximum atomic E-state index is 11.4. The summed E-state index contributed by atoms with van der Waals surface area (Å²) in [6, 6.07) is 6.94. The zero-order valence-corrected chi connectivity index (χ0v) is 11.1. The molecule has 5 nitrogen and oxygen atoms in total. The molecule has 1 aromatic carbocycles. The Morgan fingerprint density at radius 3 is 2.53 bits per heavy atom. The van der Waals surface area contributed by atoms with Crippen LogP contribution in [0.3, 0.4) is 0 Å². The van der Waals surface area contributed by atoms with Crippen LogP contribution >= 0.6 is 0 Å². The van der Waals surface area contributed by atoms with Crippen LogP contribution in [0, 0.1) is 0 Å². The highest BCUT2D eigenvalue weighted by molar-refractivity contribution is 5.95. The summed E-state index contributed by atoms with van der Waals surface area (Å²) < 4.78 is 5.42. The molecule has 1 aromatic rings. The fraction of sp³-hybridized carbons (Fsp3) is 0.429. The predicted octanol–water partition coefficient (Wildman–Crippen LogP) is 1.12. The molecule has 0 aliphatic carbocycles. The zero-order valence-electron chi connectivity index (χ0n) is 11.1. The number of nitrogens with one attached hydrogen (secondary N) is 1. The van der Waals surface area contributed by atoms with Gasteiger partial charge in [0.2, 0.25) is 5.91 Å². The highest BCUT2D eigenvalue weighted by atomic mass is 16.5. The van der Waals surface area contributed by atoms with Crippen molar-refractivity contribution in [1.29, 1.82) is 0 Å². The molecule has 19 heavy (non-hydrogen) atoms. The number of ether oxygens (including phenoxy) is 1. The Bertz CT molecular complexity index is 415. The van der Waals surface area contributed by atoms with Gasteiger partial charge in [0, 0.05) is 25.1 Å². The van der Waals surface area contributed by atoms with E-state index in [4.69, 9.17) is 10.5 Å². The molecule has 0 heterocycles. The molecule has 1 amide bonds. The lowest BCUT2D eigenvalue weighted by molar-refractivity contribution is -0.121. The van der Waals surface area contributed by atoms with E-state index in [2.05, 4.69) is 5.32 Å². The topological polar surface area (TPSA) is 81.4 Å². The van der Waals surface area contributed by atoms with Crippen molar-refractivity contribution >= 4 is 11.7 Å². The number of hydrogen-bond donors (Lipinski definition) is 2. The third kappa shape index (κ3) is 5.52. The second-order valence-corrected chi connectivity index (χ2v) is 4.04. The van der Waals surface area contributed by atoms with E-state index in [1.165, 1.54) is 0 Å². The summed E-state index contributed by atoms with van der Waals surface area (Å²) in [5.41, 5.74) is 5.95. The van der Waals surface area contributed by atoms with Crippen molar-refractivity contribution in [3.05, 3.63) is 29.8 Å². The number of ketones is 1. The molecule has 3 N–H and O–H groups in total. The van der Waals surface area contributed by atoms with Gasteiger partial charge >= 0.3 is 0 Å². The minimum atomic E-state index is -0.0803. The van der Waals surface area contributed by atoms with E-state index in [9.17, 15) is 9.59 Å². The molecule has 0 saturated heterocycles. The molecule has 0 unspecified atom stereocenters. The van der Waals surface area contributed by atoms with Gasteiger partial charge in [-0.1, -0.05) is 6.92 Å². The Morgan fingerprint density at radius 2 is 1.95 bits per heavy atom. The largest absolute Gasteiger partial charge is 0.493 e. The van der Waals surface area contributed by atoms with Crippen molar-refractivity contribution in [2.75, 3.05) is 19.7 Å². The first-order valence-corrected chi connectivity index (χ1v) is 6.40. The molecular formula is C14H20N2O3. The number of nitrogens with two attached hydrogens (primary N) is 1. The molecule has 0 spiro atoms. The summed E-state index contributed by atoms with van der Waals surface area (Å²) in [5, 5.41) is 2.66. The van der Waals surface area contributed by atoms with Crippen molar-refractivity contribution in [3.63, 3.8) is 0 Å². The summed E-state index contributed by atoms with van der Waals surface area (Å²) in [4.78, 5) is 22.7. The van der Waals surface area contributed by atoms with Crippen molar-refractivity contribution in [2.45, 2.75) is 19.8 Å².